The highest BCUT2D eigenvalue weighted by Gasteiger charge is 2.26. The van der Waals surface area contributed by atoms with E-state index < -0.39 is 0 Å². The van der Waals surface area contributed by atoms with Crippen LogP contribution in [-0.4, -0.2) is 6.21 Å². The molecule has 1 atom stereocenters. The van der Waals surface area contributed by atoms with Crippen molar-refractivity contribution >= 4 is 6.21 Å². The Hall–Kier alpha value is -2.35. The smallest absolute Gasteiger partial charge is 0.0544 e. The largest absolute Gasteiger partial charge is 0.284 e. The Bertz CT molecular complexity index is 713. The Morgan fingerprint density at radius 3 is 2.71 bits per heavy atom. The maximum atomic E-state index is 4.19. The number of rotatable bonds is 4. The molecule has 0 spiro atoms. The van der Waals surface area contributed by atoms with Gasteiger partial charge in [-0.3, -0.25) is 5.43 Å². The van der Waals surface area contributed by atoms with Crippen molar-refractivity contribution in [2.24, 2.45) is 5.10 Å². The van der Waals surface area contributed by atoms with E-state index in [1.54, 1.807) is 0 Å². The van der Waals surface area contributed by atoms with Crippen molar-refractivity contribution in [1.29, 1.82) is 0 Å². The maximum Gasteiger partial charge on any atom is 0.0544 e. The molecule has 0 radical (unpaired) electrons. The van der Waals surface area contributed by atoms with Crippen molar-refractivity contribution in [3.8, 4) is 11.1 Å². The summed E-state index contributed by atoms with van der Waals surface area (Å²) in [5.41, 5.74) is 10.4. The minimum Gasteiger partial charge on any atom is -0.284 e. The van der Waals surface area contributed by atoms with E-state index in [4.69, 9.17) is 0 Å². The van der Waals surface area contributed by atoms with Gasteiger partial charge in [0.25, 0.3) is 0 Å². The normalized spacial score (nSPS) is 15.8. The van der Waals surface area contributed by atoms with E-state index in [0.29, 0.717) is 5.92 Å². The van der Waals surface area contributed by atoms with Gasteiger partial charge in [0, 0.05) is 11.6 Å². The number of nitrogens with zero attached hydrogens (tertiary/aromatic N) is 1. The van der Waals surface area contributed by atoms with Crippen LogP contribution in [-0.2, 0) is 0 Å². The number of hydrazone groups is 1. The lowest BCUT2D eigenvalue weighted by atomic mass is 9.94. The van der Waals surface area contributed by atoms with E-state index in [1.807, 2.05) is 13.1 Å². The van der Waals surface area contributed by atoms with Gasteiger partial charge in [-0.2, -0.15) is 5.10 Å². The topological polar surface area (TPSA) is 24.4 Å². The fraction of sp³-hybridized carbons (Fsp3) is 0.211. The fourth-order valence-corrected chi connectivity index (χ4v) is 3.06. The number of fused-ring (bicyclic) bond motifs is 3. The molecule has 0 aliphatic heterocycles. The van der Waals surface area contributed by atoms with E-state index in [2.05, 4.69) is 66.5 Å². The molecule has 21 heavy (non-hydrogen) atoms. The first kappa shape index (κ1) is 13.6. The molecule has 0 amide bonds. The van der Waals surface area contributed by atoms with E-state index in [1.165, 1.54) is 22.3 Å². The molecule has 0 saturated carbocycles. The monoisotopic (exact) mass is 276 g/mol. The molecule has 1 unspecified atom stereocenters. The summed E-state index contributed by atoms with van der Waals surface area (Å²) < 4.78 is 0. The van der Waals surface area contributed by atoms with Crippen molar-refractivity contribution in [2.75, 3.05) is 0 Å². The summed E-state index contributed by atoms with van der Waals surface area (Å²) >= 11 is 0. The minimum atomic E-state index is 0.524. The zero-order valence-corrected chi connectivity index (χ0v) is 12.6. The van der Waals surface area contributed by atoms with Crippen LogP contribution in [0, 0.1) is 0 Å². The highest BCUT2D eigenvalue weighted by molar-refractivity contribution is 5.86. The maximum absolute atomic E-state index is 4.19. The molecule has 0 saturated heterocycles. The van der Waals surface area contributed by atoms with Crippen LogP contribution in [0.1, 0.15) is 42.9 Å². The molecule has 0 bridgehead atoms. The Kier molecular flexibility index (Phi) is 3.61. The van der Waals surface area contributed by atoms with Crippen LogP contribution in [0.25, 0.3) is 11.1 Å². The lowest BCUT2D eigenvalue weighted by Gasteiger charge is -2.10. The van der Waals surface area contributed by atoms with Gasteiger partial charge in [0.1, 0.15) is 0 Å². The second-order valence-corrected chi connectivity index (χ2v) is 5.55. The zero-order valence-electron chi connectivity index (χ0n) is 12.6. The third-order valence-corrected chi connectivity index (χ3v) is 3.96. The van der Waals surface area contributed by atoms with Gasteiger partial charge in [0.05, 0.1) is 6.21 Å². The number of benzene rings is 2. The van der Waals surface area contributed by atoms with E-state index in [0.717, 1.165) is 17.7 Å². The summed E-state index contributed by atoms with van der Waals surface area (Å²) in [4.78, 5) is 0. The third kappa shape index (κ3) is 2.49. The molecule has 3 rings (SSSR count). The first-order valence-electron chi connectivity index (χ1n) is 7.38. The van der Waals surface area contributed by atoms with Crippen LogP contribution < -0.4 is 5.43 Å². The van der Waals surface area contributed by atoms with Gasteiger partial charge >= 0.3 is 0 Å². The molecule has 1 aliphatic carbocycles. The van der Waals surface area contributed by atoms with Crippen LogP contribution in [0.2, 0.25) is 0 Å². The number of allylic oxidation sites excluding steroid dienone is 1. The quantitative estimate of drug-likeness (QED) is 0.637. The molecule has 1 aliphatic rings. The molecule has 2 heteroatoms. The molecule has 0 aromatic heterocycles. The number of hydrogen-bond acceptors (Lipinski definition) is 2. The summed E-state index contributed by atoms with van der Waals surface area (Å²) in [7, 11) is 0. The van der Waals surface area contributed by atoms with E-state index in [9.17, 15) is 0 Å². The molecule has 2 nitrogen and oxygen atoms in total. The highest BCUT2D eigenvalue weighted by atomic mass is 15.3. The average Bonchev–Trinajstić information content (AvgIpc) is 2.80. The summed E-state index contributed by atoms with van der Waals surface area (Å²) in [5.74, 6) is 0.524. The van der Waals surface area contributed by atoms with Crippen LogP contribution >= 0.6 is 0 Å². The number of nitrogens with one attached hydrogen (secondary N) is 1. The average molecular weight is 276 g/mol. The summed E-state index contributed by atoms with van der Waals surface area (Å²) in [6.07, 6.45) is 2.98. The van der Waals surface area contributed by atoms with Crippen molar-refractivity contribution in [3.63, 3.8) is 0 Å². The van der Waals surface area contributed by atoms with Crippen molar-refractivity contribution < 1.29 is 0 Å². The molecule has 2 aromatic carbocycles. The molecule has 106 valence electrons. The lowest BCUT2D eigenvalue weighted by molar-refractivity contribution is 0.797. The van der Waals surface area contributed by atoms with Crippen molar-refractivity contribution in [3.05, 3.63) is 71.4 Å². The molecular formula is C19H20N2. The van der Waals surface area contributed by atoms with Gasteiger partial charge in [-0.15, -0.1) is 0 Å². The van der Waals surface area contributed by atoms with Crippen LogP contribution in [0.15, 0.2) is 59.8 Å². The summed E-state index contributed by atoms with van der Waals surface area (Å²) in [5, 5.41) is 4.19. The van der Waals surface area contributed by atoms with E-state index >= 15 is 0 Å². The van der Waals surface area contributed by atoms with Gasteiger partial charge in [0.2, 0.25) is 0 Å². The second-order valence-electron chi connectivity index (χ2n) is 5.55. The first-order chi connectivity index (χ1) is 10.2. The van der Waals surface area contributed by atoms with Crippen molar-refractivity contribution in [1.82, 2.24) is 5.43 Å². The number of hydrogen-bond donors (Lipinski definition) is 1. The van der Waals surface area contributed by atoms with Crippen LogP contribution in [0.4, 0.5) is 0 Å². The van der Waals surface area contributed by atoms with E-state index in [-0.39, 0.29) is 0 Å². The molecule has 0 heterocycles. The van der Waals surface area contributed by atoms with Gasteiger partial charge in [-0.25, -0.2) is 0 Å². The predicted octanol–water partition coefficient (Wildman–Crippen LogP) is 4.67. The van der Waals surface area contributed by atoms with Crippen molar-refractivity contribution in [2.45, 2.75) is 26.2 Å². The molecular weight excluding hydrogens is 256 g/mol. The Labute approximate surface area is 126 Å². The predicted molar refractivity (Wildman–Crippen MR) is 89.6 cm³/mol. The Morgan fingerprint density at radius 1 is 1.19 bits per heavy atom. The third-order valence-electron chi connectivity index (χ3n) is 3.96. The van der Waals surface area contributed by atoms with Crippen LogP contribution in [0.5, 0.6) is 0 Å². The highest BCUT2D eigenvalue weighted by Crippen LogP contribution is 2.46. The van der Waals surface area contributed by atoms with Gasteiger partial charge in [0.15, 0.2) is 0 Å². The fourth-order valence-electron chi connectivity index (χ4n) is 3.06. The Morgan fingerprint density at radius 2 is 1.95 bits per heavy atom. The standard InChI is InChI=1S/C19H20N2/c1-4-15-16-7-5-6-8-17(16)19-11-14(9-10-18(15)19)12-20-21-13(2)3/h5-12,15,21H,2,4H2,1,3H3/b20-12+. The van der Waals surface area contributed by atoms with Crippen LogP contribution in [0.3, 0.4) is 0 Å². The molecule has 2 aromatic rings. The minimum absolute atomic E-state index is 0.524. The second kappa shape index (κ2) is 5.57. The SMILES string of the molecule is C=C(C)N/N=C/c1ccc2c(c1)-c1ccccc1C2CC. The molecule has 0 fully saturated rings. The van der Waals surface area contributed by atoms with Gasteiger partial charge < -0.3 is 0 Å². The lowest BCUT2D eigenvalue weighted by Crippen LogP contribution is -2.00. The summed E-state index contributed by atoms with van der Waals surface area (Å²) in [6, 6.07) is 15.3. The zero-order chi connectivity index (χ0) is 14.8. The molecule has 1 N–H and O–H groups in total. The van der Waals surface area contributed by atoms with Gasteiger partial charge in [-0.05, 0) is 47.2 Å². The summed E-state index contributed by atoms with van der Waals surface area (Å²) in [6.45, 7) is 7.91. The first-order valence-corrected chi connectivity index (χ1v) is 7.38. The van der Waals surface area contributed by atoms with Gasteiger partial charge in [-0.1, -0.05) is 49.9 Å². The Balaban J connectivity index is 2.00.